The first-order valence-electron chi connectivity index (χ1n) is 11.2. The summed E-state index contributed by atoms with van der Waals surface area (Å²) in [7, 11) is 0. The average Bonchev–Trinajstić information content (AvgIpc) is 3.49. The maximum Gasteiger partial charge on any atom is 0.272 e. The van der Waals surface area contributed by atoms with Gasteiger partial charge in [0.05, 0.1) is 12.6 Å². The molecule has 1 amide bonds. The first-order valence-corrected chi connectivity index (χ1v) is 11.2. The molecule has 9 heteroatoms. The van der Waals surface area contributed by atoms with Crippen molar-refractivity contribution in [2.45, 2.75) is 57.2 Å². The number of amides is 1. The number of halogens is 2. The van der Waals surface area contributed by atoms with E-state index in [9.17, 15) is 13.6 Å². The van der Waals surface area contributed by atoms with E-state index in [0.29, 0.717) is 49.3 Å². The molecule has 0 unspecified atom stereocenters. The number of aryl methyl sites for hydroxylation is 1. The van der Waals surface area contributed by atoms with Gasteiger partial charge in [-0.05, 0) is 42.4 Å². The number of carbonyl (C=O) groups excluding carboxylic acids is 1. The van der Waals surface area contributed by atoms with Crippen LogP contribution in [0.4, 0.5) is 8.78 Å². The summed E-state index contributed by atoms with van der Waals surface area (Å²) in [5, 5.41) is 7.32. The molecule has 1 saturated carbocycles. The number of rotatable bonds is 8. The predicted octanol–water partition coefficient (Wildman–Crippen LogP) is 3.00. The van der Waals surface area contributed by atoms with Gasteiger partial charge in [0.1, 0.15) is 18.5 Å². The second kappa shape index (κ2) is 9.05. The van der Waals surface area contributed by atoms with Gasteiger partial charge < -0.3 is 19.5 Å². The second-order valence-electron chi connectivity index (χ2n) is 8.82. The van der Waals surface area contributed by atoms with Gasteiger partial charge in [-0.3, -0.25) is 4.79 Å². The third-order valence-electron chi connectivity index (χ3n) is 6.04. The van der Waals surface area contributed by atoms with Crippen molar-refractivity contribution in [3.8, 4) is 11.6 Å². The quantitative estimate of drug-likeness (QED) is 0.674. The summed E-state index contributed by atoms with van der Waals surface area (Å²) >= 11 is 0. The van der Waals surface area contributed by atoms with Crippen molar-refractivity contribution in [1.82, 2.24) is 15.1 Å². The molecule has 0 saturated heterocycles. The zero-order valence-corrected chi connectivity index (χ0v) is 17.8. The van der Waals surface area contributed by atoms with Crippen LogP contribution in [0.25, 0.3) is 0 Å². The van der Waals surface area contributed by atoms with Gasteiger partial charge in [-0.25, -0.2) is 13.5 Å². The molecule has 3 heterocycles. The number of nitrogens with zero attached hydrogens (tertiary/aromatic N) is 2. The lowest BCUT2D eigenvalue weighted by Crippen LogP contribution is -2.43. The molecule has 32 heavy (non-hydrogen) atoms. The fourth-order valence-electron chi connectivity index (χ4n) is 4.13. The number of hydrogen-bond acceptors (Lipinski definition) is 5. The highest BCUT2D eigenvalue weighted by molar-refractivity contribution is 5.92. The smallest absolute Gasteiger partial charge is 0.272 e. The molecule has 7 nitrogen and oxygen atoms in total. The minimum Gasteiger partial charge on any atom is -0.491 e. The number of nitrogens with one attached hydrogen (secondary N) is 1. The van der Waals surface area contributed by atoms with E-state index in [1.165, 1.54) is 12.8 Å². The molecule has 1 fully saturated rings. The van der Waals surface area contributed by atoms with Crippen LogP contribution in [0.3, 0.4) is 0 Å². The molecule has 0 radical (unpaired) electrons. The Hall–Kier alpha value is -2.68. The highest BCUT2D eigenvalue weighted by atomic mass is 19.3. The molecule has 1 aliphatic carbocycles. The van der Waals surface area contributed by atoms with Gasteiger partial charge in [-0.15, -0.1) is 0 Å². The molecule has 3 aliphatic rings. The Morgan fingerprint density at radius 1 is 1.25 bits per heavy atom. The van der Waals surface area contributed by atoms with E-state index in [0.717, 1.165) is 18.6 Å². The summed E-state index contributed by atoms with van der Waals surface area (Å²) in [5.41, 5.74) is 1.67. The predicted molar refractivity (Wildman–Crippen MR) is 111 cm³/mol. The first kappa shape index (κ1) is 21.2. The number of carbonyl (C=O) groups is 1. The number of aromatic nitrogens is 2. The molecule has 1 aromatic carbocycles. The molecule has 172 valence electrons. The highest BCUT2D eigenvalue weighted by Crippen LogP contribution is 2.30. The zero-order valence-electron chi connectivity index (χ0n) is 17.8. The number of fused-ring (bicyclic) bond motifs is 2. The van der Waals surface area contributed by atoms with Crippen molar-refractivity contribution < 1.29 is 27.8 Å². The van der Waals surface area contributed by atoms with Crippen molar-refractivity contribution in [3.63, 3.8) is 0 Å². The monoisotopic (exact) mass is 447 g/mol. The molecule has 2 aromatic rings. The standard InChI is InChI=1S/C23H27F2N3O4/c24-21(25)8-15-3-4-20-16(7-15)9-17(12-31-20)26-23(29)19-10-22-28(27-19)6-5-18(32-22)13-30-11-14-1-2-14/h3-4,7,10,14,17-18,21H,1-2,5-6,8-9,11-13H2,(H,26,29)/t17-,18-/m1/s1. The third-order valence-corrected chi connectivity index (χ3v) is 6.04. The van der Waals surface area contributed by atoms with E-state index in [2.05, 4.69) is 10.4 Å². The Kier molecular flexibility index (Phi) is 5.99. The van der Waals surface area contributed by atoms with Gasteiger partial charge in [0.25, 0.3) is 5.91 Å². The van der Waals surface area contributed by atoms with Crippen molar-refractivity contribution >= 4 is 5.91 Å². The van der Waals surface area contributed by atoms with Crippen LogP contribution >= 0.6 is 0 Å². The number of ether oxygens (including phenoxy) is 3. The topological polar surface area (TPSA) is 74.6 Å². The lowest BCUT2D eigenvalue weighted by Gasteiger charge is -2.26. The summed E-state index contributed by atoms with van der Waals surface area (Å²) in [6.45, 7) is 2.34. The number of benzene rings is 1. The van der Waals surface area contributed by atoms with Gasteiger partial charge >= 0.3 is 0 Å². The van der Waals surface area contributed by atoms with Crippen LogP contribution in [0.2, 0.25) is 0 Å². The molecular weight excluding hydrogens is 420 g/mol. The SMILES string of the molecule is O=C(N[C@H]1COc2ccc(CC(F)F)cc2C1)c1cc2n(n1)CC[C@H](COCC1CC1)O2. The first-order chi connectivity index (χ1) is 15.5. The summed E-state index contributed by atoms with van der Waals surface area (Å²) in [6.07, 6.45) is 1.09. The summed E-state index contributed by atoms with van der Waals surface area (Å²) in [6, 6.07) is 6.50. The average molecular weight is 447 g/mol. The Bertz CT molecular complexity index is 976. The highest BCUT2D eigenvalue weighted by Gasteiger charge is 2.28. The second-order valence-corrected chi connectivity index (χ2v) is 8.82. The van der Waals surface area contributed by atoms with Gasteiger partial charge in [0.15, 0.2) is 5.69 Å². The van der Waals surface area contributed by atoms with Crippen molar-refractivity contribution in [2.24, 2.45) is 5.92 Å². The molecule has 0 bridgehead atoms. The minimum absolute atomic E-state index is 0.0282. The molecular formula is C23H27F2N3O4. The number of hydrogen-bond donors (Lipinski definition) is 1. The van der Waals surface area contributed by atoms with Gasteiger partial charge in [-0.2, -0.15) is 5.10 Å². The van der Waals surface area contributed by atoms with E-state index >= 15 is 0 Å². The molecule has 1 aromatic heterocycles. The van der Waals surface area contributed by atoms with Crippen molar-refractivity contribution in [3.05, 3.63) is 41.1 Å². The largest absolute Gasteiger partial charge is 0.491 e. The lowest BCUT2D eigenvalue weighted by atomic mass is 9.99. The van der Waals surface area contributed by atoms with Gasteiger partial charge in [0, 0.05) is 32.1 Å². The van der Waals surface area contributed by atoms with E-state index < -0.39 is 6.43 Å². The fourth-order valence-corrected chi connectivity index (χ4v) is 4.13. The summed E-state index contributed by atoms with van der Waals surface area (Å²) in [4.78, 5) is 12.8. The van der Waals surface area contributed by atoms with Gasteiger partial charge in [0.2, 0.25) is 12.3 Å². The lowest BCUT2D eigenvalue weighted by molar-refractivity contribution is 0.0221. The fraction of sp³-hybridized carbons (Fsp3) is 0.565. The third kappa shape index (κ3) is 5.03. The Morgan fingerprint density at radius 3 is 2.94 bits per heavy atom. The normalized spacial score (nSPS) is 22.0. The van der Waals surface area contributed by atoms with Crippen LogP contribution < -0.4 is 14.8 Å². The van der Waals surface area contributed by atoms with Crippen LogP contribution in [0.5, 0.6) is 11.6 Å². The Morgan fingerprint density at radius 2 is 2.12 bits per heavy atom. The van der Waals surface area contributed by atoms with E-state index in [1.807, 2.05) is 0 Å². The van der Waals surface area contributed by atoms with Crippen LogP contribution in [0.1, 0.15) is 40.9 Å². The molecule has 1 N–H and O–H groups in total. The Balaban J connectivity index is 1.17. The van der Waals surface area contributed by atoms with E-state index in [1.54, 1.807) is 28.9 Å². The molecule has 0 spiro atoms. The Labute approximate surface area is 185 Å². The van der Waals surface area contributed by atoms with Crippen molar-refractivity contribution in [1.29, 1.82) is 0 Å². The van der Waals surface area contributed by atoms with Crippen LogP contribution in [0, 0.1) is 5.92 Å². The van der Waals surface area contributed by atoms with E-state index in [-0.39, 0.29) is 30.2 Å². The van der Waals surface area contributed by atoms with Crippen molar-refractivity contribution in [2.75, 3.05) is 19.8 Å². The molecule has 5 rings (SSSR count). The summed E-state index contributed by atoms with van der Waals surface area (Å²) < 4.78 is 44.5. The van der Waals surface area contributed by atoms with Crippen LogP contribution in [0.15, 0.2) is 24.3 Å². The number of alkyl halides is 2. The van der Waals surface area contributed by atoms with Crippen LogP contribution in [-0.2, 0) is 24.1 Å². The van der Waals surface area contributed by atoms with Crippen LogP contribution in [-0.4, -0.2) is 54.1 Å². The van der Waals surface area contributed by atoms with Gasteiger partial charge in [-0.1, -0.05) is 12.1 Å². The molecule has 2 aliphatic heterocycles. The maximum atomic E-state index is 12.8. The summed E-state index contributed by atoms with van der Waals surface area (Å²) in [5.74, 6) is 1.65. The van der Waals surface area contributed by atoms with E-state index in [4.69, 9.17) is 14.2 Å². The minimum atomic E-state index is -2.40. The molecule has 2 atom stereocenters. The zero-order chi connectivity index (χ0) is 22.1. The maximum absolute atomic E-state index is 12.8.